The predicted octanol–water partition coefficient (Wildman–Crippen LogP) is 0.265. The van der Waals surface area contributed by atoms with Crippen molar-refractivity contribution in [1.29, 1.82) is 0 Å². The van der Waals surface area contributed by atoms with Crippen molar-refractivity contribution in [3.05, 3.63) is 0 Å². The van der Waals surface area contributed by atoms with Gasteiger partial charge in [0.2, 0.25) is 5.91 Å². The van der Waals surface area contributed by atoms with Gasteiger partial charge in [-0.2, -0.15) is 0 Å². The zero-order valence-corrected chi connectivity index (χ0v) is 8.89. The highest BCUT2D eigenvalue weighted by atomic mass is 16.5. The van der Waals surface area contributed by atoms with E-state index in [1.165, 1.54) is 0 Å². The summed E-state index contributed by atoms with van der Waals surface area (Å²) in [7, 11) is 0. The van der Waals surface area contributed by atoms with Gasteiger partial charge in [-0.1, -0.05) is 0 Å². The molecular weight excluding hydrogens is 168 g/mol. The van der Waals surface area contributed by atoms with E-state index < -0.39 is 5.54 Å². The van der Waals surface area contributed by atoms with Crippen molar-refractivity contribution in [1.82, 2.24) is 5.32 Å². The molecule has 78 valence electrons. The second-order valence-corrected chi connectivity index (χ2v) is 3.70. The molecule has 0 heterocycles. The molecule has 0 radical (unpaired) electrons. The number of nitrogens with two attached hydrogens (primary N) is 1. The number of nitrogens with one attached hydrogen (secondary N) is 1. The van der Waals surface area contributed by atoms with E-state index >= 15 is 0 Å². The van der Waals surface area contributed by atoms with Crippen LogP contribution >= 0.6 is 0 Å². The van der Waals surface area contributed by atoms with E-state index in [4.69, 9.17) is 10.5 Å². The highest BCUT2D eigenvalue weighted by molar-refractivity contribution is 5.84. The summed E-state index contributed by atoms with van der Waals surface area (Å²) in [6, 6.07) is 0. The number of rotatable bonds is 5. The van der Waals surface area contributed by atoms with E-state index in [1.807, 2.05) is 13.8 Å². The number of amides is 1. The van der Waals surface area contributed by atoms with Gasteiger partial charge in [0.05, 0.1) is 11.6 Å². The van der Waals surface area contributed by atoms with E-state index in [-0.39, 0.29) is 12.0 Å². The van der Waals surface area contributed by atoms with Crippen molar-refractivity contribution in [2.75, 3.05) is 13.2 Å². The van der Waals surface area contributed by atoms with Crippen LogP contribution in [0, 0.1) is 0 Å². The van der Waals surface area contributed by atoms with Crippen molar-refractivity contribution < 1.29 is 9.53 Å². The first-order valence-electron chi connectivity index (χ1n) is 4.56. The number of hydrogen-bond donors (Lipinski definition) is 2. The van der Waals surface area contributed by atoms with Gasteiger partial charge in [-0.15, -0.1) is 0 Å². The molecule has 0 aromatic rings. The Morgan fingerprint density at radius 1 is 1.62 bits per heavy atom. The summed E-state index contributed by atoms with van der Waals surface area (Å²) in [5.74, 6) is -0.154. The number of ether oxygens (including phenoxy) is 1. The molecular formula is C9H20N2O2. The van der Waals surface area contributed by atoms with Gasteiger partial charge >= 0.3 is 0 Å². The largest absolute Gasteiger partial charge is 0.377 e. The SMILES string of the molecule is CCOC(C)CNC(=O)C(C)(C)N. The van der Waals surface area contributed by atoms with Gasteiger partial charge in [-0.3, -0.25) is 4.79 Å². The molecule has 13 heavy (non-hydrogen) atoms. The van der Waals surface area contributed by atoms with Gasteiger partial charge in [0.15, 0.2) is 0 Å². The monoisotopic (exact) mass is 188 g/mol. The lowest BCUT2D eigenvalue weighted by Gasteiger charge is -2.19. The van der Waals surface area contributed by atoms with Crippen LogP contribution in [0.3, 0.4) is 0 Å². The Morgan fingerprint density at radius 2 is 2.15 bits per heavy atom. The molecule has 0 bridgehead atoms. The summed E-state index contributed by atoms with van der Waals surface area (Å²) in [4.78, 5) is 11.3. The van der Waals surface area contributed by atoms with Crippen molar-refractivity contribution in [2.45, 2.75) is 39.3 Å². The predicted molar refractivity (Wildman–Crippen MR) is 52.4 cm³/mol. The van der Waals surface area contributed by atoms with Crippen LogP contribution in [0.25, 0.3) is 0 Å². The molecule has 0 aromatic heterocycles. The van der Waals surface area contributed by atoms with E-state index in [9.17, 15) is 4.79 Å². The van der Waals surface area contributed by atoms with Gasteiger partial charge in [0.1, 0.15) is 0 Å². The van der Waals surface area contributed by atoms with Crippen LogP contribution in [0.2, 0.25) is 0 Å². The van der Waals surface area contributed by atoms with Crippen LogP contribution in [0.1, 0.15) is 27.7 Å². The highest BCUT2D eigenvalue weighted by Crippen LogP contribution is 1.96. The summed E-state index contributed by atoms with van der Waals surface area (Å²) in [6.07, 6.45) is 0.0382. The molecule has 0 aliphatic carbocycles. The quantitative estimate of drug-likeness (QED) is 0.650. The van der Waals surface area contributed by atoms with Gasteiger partial charge < -0.3 is 15.8 Å². The van der Waals surface area contributed by atoms with E-state index in [0.29, 0.717) is 13.2 Å². The Labute approximate surface area is 79.8 Å². The summed E-state index contributed by atoms with van der Waals surface area (Å²) in [6.45, 7) is 8.34. The Morgan fingerprint density at radius 3 is 2.54 bits per heavy atom. The molecule has 0 spiro atoms. The molecule has 1 amide bonds. The number of hydrogen-bond acceptors (Lipinski definition) is 3. The average Bonchev–Trinajstić information content (AvgIpc) is 1.99. The minimum atomic E-state index is -0.814. The zero-order valence-electron chi connectivity index (χ0n) is 8.89. The minimum absolute atomic E-state index is 0.0382. The summed E-state index contributed by atoms with van der Waals surface area (Å²) < 4.78 is 5.25. The van der Waals surface area contributed by atoms with Crippen molar-refractivity contribution in [3.8, 4) is 0 Å². The van der Waals surface area contributed by atoms with Crippen molar-refractivity contribution in [2.24, 2.45) is 5.73 Å². The van der Waals surface area contributed by atoms with Crippen molar-refractivity contribution >= 4 is 5.91 Å². The van der Waals surface area contributed by atoms with Gasteiger partial charge in [-0.25, -0.2) is 0 Å². The molecule has 3 N–H and O–H groups in total. The smallest absolute Gasteiger partial charge is 0.239 e. The summed E-state index contributed by atoms with van der Waals surface area (Å²) in [5.41, 5.74) is 4.77. The molecule has 0 rings (SSSR count). The van der Waals surface area contributed by atoms with Gasteiger partial charge in [-0.05, 0) is 27.7 Å². The van der Waals surface area contributed by atoms with E-state index in [2.05, 4.69) is 5.32 Å². The molecule has 0 aliphatic rings. The second-order valence-electron chi connectivity index (χ2n) is 3.70. The van der Waals surface area contributed by atoms with E-state index in [1.54, 1.807) is 13.8 Å². The molecule has 0 saturated heterocycles. The Balaban J connectivity index is 3.71. The van der Waals surface area contributed by atoms with Gasteiger partial charge in [0.25, 0.3) is 0 Å². The van der Waals surface area contributed by atoms with Gasteiger partial charge in [0, 0.05) is 13.2 Å². The third-order valence-electron chi connectivity index (χ3n) is 1.59. The fourth-order valence-electron chi connectivity index (χ4n) is 0.808. The topological polar surface area (TPSA) is 64.3 Å². The molecule has 0 aromatic carbocycles. The van der Waals surface area contributed by atoms with E-state index in [0.717, 1.165) is 0 Å². The fraction of sp³-hybridized carbons (Fsp3) is 0.889. The first-order chi connectivity index (χ1) is 5.88. The molecule has 4 heteroatoms. The third-order valence-corrected chi connectivity index (χ3v) is 1.59. The average molecular weight is 188 g/mol. The zero-order chi connectivity index (χ0) is 10.5. The molecule has 0 fully saturated rings. The lowest BCUT2D eigenvalue weighted by molar-refractivity contribution is -0.125. The maximum atomic E-state index is 11.3. The summed E-state index contributed by atoms with van der Waals surface area (Å²) >= 11 is 0. The lowest BCUT2D eigenvalue weighted by atomic mass is 10.1. The Hall–Kier alpha value is -0.610. The van der Waals surface area contributed by atoms with Crippen LogP contribution in [-0.2, 0) is 9.53 Å². The number of carbonyl (C=O) groups is 1. The molecule has 0 saturated carbocycles. The molecule has 0 aliphatic heterocycles. The van der Waals surface area contributed by atoms with Crippen LogP contribution in [0.15, 0.2) is 0 Å². The Bertz CT molecular complexity index is 163. The lowest BCUT2D eigenvalue weighted by Crippen LogP contribution is -2.50. The maximum Gasteiger partial charge on any atom is 0.239 e. The summed E-state index contributed by atoms with van der Waals surface area (Å²) in [5, 5.41) is 2.72. The molecule has 4 nitrogen and oxygen atoms in total. The first-order valence-corrected chi connectivity index (χ1v) is 4.56. The first kappa shape index (κ1) is 12.4. The normalized spacial score (nSPS) is 13.9. The molecule has 1 unspecified atom stereocenters. The van der Waals surface area contributed by atoms with Crippen LogP contribution < -0.4 is 11.1 Å². The van der Waals surface area contributed by atoms with Crippen LogP contribution in [0.5, 0.6) is 0 Å². The molecule has 1 atom stereocenters. The maximum absolute atomic E-state index is 11.3. The fourth-order valence-corrected chi connectivity index (χ4v) is 0.808. The standard InChI is InChI=1S/C9H20N2O2/c1-5-13-7(2)6-11-8(12)9(3,4)10/h7H,5-6,10H2,1-4H3,(H,11,12). The third kappa shape index (κ3) is 5.60. The Kier molecular flexibility index (Phi) is 4.95. The minimum Gasteiger partial charge on any atom is -0.377 e. The van der Waals surface area contributed by atoms with Crippen molar-refractivity contribution in [3.63, 3.8) is 0 Å². The van der Waals surface area contributed by atoms with Crippen LogP contribution in [0.4, 0.5) is 0 Å². The second kappa shape index (κ2) is 5.19. The van der Waals surface area contributed by atoms with Crippen LogP contribution in [-0.4, -0.2) is 30.7 Å². The highest BCUT2D eigenvalue weighted by Gasteiger charge is 2.21. The number of carbonyl (C=O) groups excluding carboxylic acids is 1.